The van der Waals surface area contributed by atoms with Gasteiger partial charge in [0.2, 0.25) is 0 Å². The van der Waals surface area contributed by atoms with Crippen LogP contribution in [0.5, 0.6) is 0 Å². The Morgan fingerprint density at radius 2 is 2.19 bits per heavy atom. The maximum absolute atomic E-state index is 5.55. The van der Waals surface area contributed by atoms with E-state index in [2.05, 4.69) is 29.8 Å². The Kier molecular flexibility index (Phi) is 3.44. The Hall–Kier alpha value is -1.09. The maximum atomic E-state index is 5.55. The lowest BCUT2D eigenvalue weighted by Gasteiger charge is -2.28. The van der Waals surface area contributed by atoms with Crippen LogP contribution in [0.2, 0.25) is 0 Å². The van der Waals surface area contributed by atoms with Crippen LogP contribution in [0.1, 0.15) is 32.4 Å². The fourth-order valence-electron chi connectivity index (χ4n) is 1.90. The van der Waals surface area contributed by atoms with Crippen LogP contribution in [-0.2, 0) is 6.54 Å². The van der Waals surface area contributed by atoms with Gasteiger partial charge in [-0.25, -0.2) is 0 Å². The Morgan fingerprint density at radius 1 is 1.44 bits per heavy atom. The zero-order valence-corrected chi connectivity index (χ0v) is 10.2. The molecule has 1 aliphatic carbocycles. The maximum Gasteiger partial charge on any atom is 0.0555 e. The van der Waals surface area contributed by atoms with Gasteiger partial charge in [0.25, 0.3) is 0 Å². The molecule has 0 radical (unpaired) electrons. The average Bonchev–Trinajstić information content (AvgIpc) is 3.09. The molecule has 0 saturated heterocycles. The topological polar surface area (TPSA) is 42.1 Å². The number of rotatable bonds is 5. The summed E-state index contributed by atoms with van der Waals surface area (Å²) in [5.74, 6) is 0.900. The molecule has 2 N–H and O–H groups in total. The second-order valence-corrected chi connectivity index (χ2v) is 4.90. The molecule has 0 spiro atoms. The van der Waals surface area contributed by atoms with Crippen LogP contribution < -0.4 is 10.6 Å². The van der Waals surface area contributed by atoms with Gasteiger partial charge in [0.15, 0.2) is 0 Å². The Morgan fingerprint density at radius 3 is 2.62 bits per heavy atom. The van der Waals surface area contributed by atoms with Crippen molar-refractivity contribution in [2.24, 2.45) is 11.7 Å². The van der Waals surface area contributed by atoms with Gasteiger partial charge in [0.1, 0.15) is 0 Å². The minimum Gasteiger partial charge on any atom is -0.368 e. The van der Waals surface area contributed by atoms with E-state index in [4.69, 9.17) is 5.73 Å². The van der Waals surface area contributed by atoms with Crippen LogP contribution in [0.25, 0.3) is 0 Å². The third kappa shape index (κ3) is 2.73. The number of hydrogen-bond acceptors (Lipinski definition) is 3. The number of pyridine rings is 1. The van der Waals surface area contributed by atoms with E-state index in [1.807, 2.05) is 12.3 Å². The van der Waals surface area contributed by atoms with Crippen molar-refractivity contribution in [3.8, 4) is 0 Å². The molecule has 1 aromatic rings. The summed E-state index contributed by atoms with van der Waals surface area (Å²) in [6.07, 6.45) is 4.72. The van der Waals surface area contributed by atoms with Gasteiger partial charge in [-0.2, -0.15) is 0 Å². The van der Waals surface area contributed by atoms with Crippen molar-refractivity contribution in [2.75, 3.05) is 11.4 Å². The molecule has 0 atom stereocenters. The lowest BCUT2D eigenvalue weighted by atomic mass is 10.2. The van der Waals surface area contributed by atoms with Crippen molar-refractivity contribution >= 4 is 5.69 Å². The van der Waals surface area contributed by atoms with Crippen molar-refractivity contribution in [1.29, 1.82) is 0 Å². The summed E-state index contributed by atoms with van der Waals surface area (Å²) in [4.78, 5) is 6.80. The Labute approximate surface area is 97.7 Å². The molecule has 0 aliphatic heterocycles. The first-order chi connectivity index (χ1) is 7.70. The third-order valence-electron chi connectivity index (χ3n) is 3.13. The van der Waals surface area contributed by atoms with Gasteiger partial charge in [-0.1, -0.05) is 0 Å². The highest BCUT2D eigenvalue weighted by Crippen LogP contribution is 2.32. The van der Waals surface area contributed by atoms with E-state index in [-0.39, 0.29) is 0 Å². The van der Waals surface area contributed by atoms with Crippen LogP contribution in [0.4, 0.5) is 5.69 Å². The van der Waals surface area contributed by atoms with E-state index in [1.165, 1.54) is 25.1 Å². The summed E-state index contributed by atoms with van der Waals surface area (Å²) in [5, 5.41) is 0. The first-order valence-corrected chi connectivity index (χ1v) is 6.12. The van der Waals surface area contributed by atoms with Crippen LogP contribution in [0, 0.1) is 5.92 Å². The molecule has 0 aromatic carbocycles. The van der Waals surface area contributed by atoms with E-state index >= 15 is 0 Å². The molecule has 1 heterocycles. The van der Waals surface area contributed by atoms with Gasteiger partial charge in [-0.15, -0.1) is 0 Å². The minimum absolute atomic E-state index is 0.518. The molecular weight excluding hydrogens is 198 g/mol. The first kappa shape index (κ1) is 11.4. The first-order valence-electron chi connectivity index (χ1n) is 6.12. The van der Waals surface area contributed by atoms with Crippen LogP contribution in [0.3, 0.4) is 0 Å². The standard InChI is InChI=1S/C13H21N3/c1-10(2)16(9-11-3-4-11)13-6-5-12(7-14)15-8-13/h5-6,8,10-11H,3-4,7,9,14H2,1-2H3. The van der Waals surface area contributed by atoms with Crippen molar-refractivity contribution in [2.45, 2.75) is 39.3 Å². The highest BCUT2D eigenvalue weighted by molar-refractivity contribution is 5.45. The number of hydrogen-bond donors (Lipinski definition) is 1. The second-order valence-electron chi connectivity index (χ2n) is 4.90. The van der Waals surface area contributed by atoms with Gasteiger partial charge in [0.05, 0.1) is 17.6 Å². The van der Waals surface area contributed by atoms with E-state index in [9.17, 15) is 0 Å². The molecular formula is C13H21N3. The highest BCUT2D eigenvalue weighted by atomic mass is 15.2. The molecule has 1 saturated carbocycles. The summed E-state index contributed by atoms with van der Waals surface area (Å²) < 4.78 is 0. The summed E-state index contributed by atoms with van der Waals surface area (Å²) in [6.45, 7) is 6.16. The number of aromatic nitrogens is 1. The van der Waals surface area contributed by atoms with Crippen LogP contribution in [-0.4, -0.2) is 17.6 Å². The molecule has 3 nitrogen and oxygen atoms in total. The van der Waals surface area contributed by atoms with Gasteiger partial charge >= 0.3 is 0 Å². The smallest absolute Gasteiger partial charge is 0.0555 e. The predicted molar refractivity (Wildman–Crippen MR) is 67.3 cm³/mol. The minimum atomic E-state index is 0.518. The third-order valence-corrected chi connectivity index (χ3v) is 3.13. The molecule has 0 bridgehead atoms. The largest absolute Gasteiger partial charge is 0.368 e. The summed E-state index contributed by atoms with van der Waals surface area (Å²) in [7, 11) is 0. The molecule has 1 aromatic heterocycles. The van der Waals surface area contributed by atoms with E-state index in [1.54, 1.807) is 0 Å². The molecule has 16 heavy (non-hydrogen) atoms. The van der Waals surface area contributed by atoms with E-state index in [0.29, 0.717) is 12.6 Å². The number of nitrogens with zero attached hydrogens (tertiary/aromatic N) is 2. The lowest BCUT2D eigenvalue weighted by Crippen LogP contribution is -2.32. The molecule has 0 amide bonds. The molecule has 2 rings (SSSR count). The fraction of sp³-hybridized carbons (Fsp3) is 0.615. The van der Waals surface area contributed by atoms with Gasteiger partial charge in [-0.05, 0) is 44.7 Å². The molecule has 1 aliphatic rings. The van der Waals surface area contributed by atoms with Gasteiger partial charge in [0, 0.05) is 19.1 Å². The second kappa shape index (κ2) is 4.83. The highest BCUT2D eigenvalue weighted by Gasteiger charge is 2.25. The predicted octanol–water partition coefficient (Wildman–Crippen LogP) is 2.17. The molecule has 88 valence electrons. The summed E-state index contributed by atoms with van der Waals surface area (Å²) >= 11 is 0. The van der Waals surface area contributed by atoms with Gasteiger partial charge < -0.3 is 10.6 Å². The number of nitrogens with two attached hydrogens (primary N) is 1. The lowest BCUT2D eigenvalue weighted by molar-refractivity contribution is 0.643. The molecule has 1 fully saturated rings. The van der Waals surface area contributed by atoms with Crippen molar-refractivity contribution in [3.63, 3.8) is 0 Å². The Bertz CT molecular complexity index is 328. The van der Waals surface area contributed by atoms with E-state index < -0.39 is 0 Å². The summed E-state index contributed by atoms with van der Waals surface area (Å²) in [5.41, 5.74) is 7.73. The zero-order chi connectivity index (χ0) is 11.5. The van der Waals surface area contributed by atoms with Crippen molar-refractivity contribution in [1.82, 2.24) is 4.98 Å². The van der Waals surface area contributed by atoms with Gasteiger partial charge in [-0.3, -0.25) is 4.98 Å². The fourth-order valence-corrected chi connectivity index (χ4v) is 1.90. The van der Waals surface area contributed by atoms with Crippen molar-refractivity contribution in [3.05, 3.63) is 24.0 Å². The quantitative estimate of drug-likeness (QED) is 0.825. The van der Waals surface area contributed by atoms with Crippen LogP contribution >= 0.6 is 0 Å². The van der Waals surface area contributed by atoms with Crippen molar-refractivity contribution < 1.29 is 0 Å². The summed E-state index contributed by atoms with van der Waals surface area (Å²) in [6, 6.07) is 4.70. The average molecular weight is 219 g/mol. The number of anilines is 1. The molecule has 3 heteroatoms. The normalized spacial score (nSPS) is 15.5. The van der Waals surface area contributed by atoms with Crippen LogP contribution in [0.15, 0.2) is 18.3 Å². The zero-order valence-electron chi connectivity index (χ0n) is 10.2. The van der Waals surface area contributed by atoms with E-state index in [0.717, 1.165) is 11.6 Å². The SMILES string of the molecule is CC(C)N(CC1CC1)c1ccc(CN)nc1. The monoisotopic (exact) mass is 219 g/mol. The Balaban J connectivity index is 2.10. The molecule has 0 unspecified atom stereocenters.